The SMILES string of the molecule is CC1(C)c2ccccc2N(c2cc3c4ccccc4c(N4c5ccccc5C(C)(C)c5cc6c7ccccc7n(-c7ccccc7)c6cc54)cc3c3ccccc23)c2ccccc21. The van der Waals surface area contributed by atoms with E-state index in [0.717, 1.165) is 5.69 Å². The van der Waals surface area contributed by atoms with Crippen LogP contribution in [0.3, 0.4) is 0 Å². The number of fused-ring (bicyclic) bond motifs is 12. The van der Waals surface area contributed by atoms with Crippen molar-refractivity contribution in [2.75, 3.05) is 9.80 Å². The number of para-hydroxylation sites is 5. The van der Waals surface area contributed by atoms with Gasteiger partial charge in [-0.25, -0.2) is 0 Å². The Kier molecular flexibility index (Phi) is 7.42. The molecule has 0 bridgehead atoms. The molecule has 0 aliphatic carbocycles. The summed E-state index contributed by atoms with van der Waals surface area (Å²) in [4.78, 5) is 5.10. The maximum Gasteiger partial charge on any atom is 0.0562 e. The minimum atomic E-state index is -0.254. The molecule has 3 heteroatoms. The Bertz CT molecular complexity index is 3650. The molecular weight excluding hydrogens is 763 g/mol. The van der Waals surface area contributed by atoms with Crippen LogP contribution >= 0.6 is 0 Å². The van der Waals surface area contributed by atoms with Crippen molar-refractivity contribution in [3.63, 3.8) is 0 Å². The summed E-state index contributed by atoms with van der Waals surface area (Å²) in [6, 6.07) is 74.8. The van der Waals surface area contributed by atoms with Gasteiger partial charge in [-0.1, -0.05) is 167 Å². The third-order valence-electron chi connectivity index (χ3n) is 14.5. The molecule has 300 valence electrons. The predicted molar refractivity (Wildman–Crippen MR) is 267 cm³/mol. The van der Waals surface area contributed by atoms with Crippen LogP contribution in [0.5, 0.6) is 0 Å². The van der Waals surface area contributed by atoms with Crippen LogP contribution in [0.25, 0.3) is 59.8 Å². The average molecular weight is 808 g/mol. The molecule has 0 radical (unpaired) electrons. The van der Waals surface area contributed by atoms with Gasteiger partial charge in [0.05, 0.1) is 45.2 Å². The highest BCUT2D eigenvalue weighted by molar-refractivity contribution is 6.25. The number of rotatable bonds is 3. The van der Waals surface area contributed by atoms with Gasteiger partial charge in [-0.15, -0.1) is 0 Å². The van der Waals surface area contributed by atoms with Crippen LogP contribution < -0.4 is 9.80 Å². The third kappa shape index (κ3) is 4.91. The van der Waals surface area contributed by atoms with Crippen LogP contribution in [-0.2, 0) is 10.8 Å². The van der Waals surface area contributed by atoms with E-state index in [1.807, 2.05) is 0 Å². The van der Waals surface area contributed by atoms with Crippen LogP contribution in [0.2, 0.25) is 0 Å². The Hall–Kier alpha value is -7.62. The lowest BCUT2D eigenvalue weighted by Crippen LogP contribution is -2.30. The van der Waals surface area contributed by atoms with Crippen molar-refractivity contribution >= 4 is 88.2 Å². The zero-order chi connectivity index (χ0) is 42.2. The molecule has 0 atom stereocenters. The van der Waals surface area contributed by atoms with E-state index >= 15 is 0 Å². The number of aromatic nitrogens is 1. The first-order valence-corrected chi connectivity index (χ1v) is 22.2. The molecule has 1 aromatic heterocycles. The number of anilines is 6. The standard InChI is InChI=1S/C60H45N3/c1-59(2)47-27-13-17-31-52(47)62(53-32-18-14-28-48(53)59)55-35-44-40-23-9-11-25-42(40)56(36-45(44)39-22-8-10-24-41(39)55)63-54-33-19-15-29-49(54)60(3,4)50-34-46-43-26-12-16-30-51(43)61(57(46)37-58(50)63)38-20-6-5-7-21-38/h5-37H,1-4H3. The Morgan fingerprint density at radius 3 is 1.22 bits per heavy atom. The maximum absolute atomic E-state index is 2.58. The van der Waals surface area contributed by atoms with Crippen molar-refractivity contribution in [3.05, 3.63) is 222 Å². The van der Waals surface area contributed by atoms with Gasteiger partial charge in [0.2, 0.25) is 0 Å². The highest BCUT2D eigenvalue weighted by atomic mass is 15.2. The van der Waals surface area contributed by atoms with Crippen molar-refractivity contribution in [1.29, 1.82) is 0 Å². The molecule has 0 saturated carbocycles. The second-order valence-corrected chi connectivity index (χ2v) is 18.5. The largest absolute Gasteiger partial charge is 0.309 e. The molecule has 0 amide bonds. The van der Waals surface area contributed by atoms with Gasteiger partial charge in [-0.2, -0.15) is 0 Å². The summed E-state index contributed by atoms with van der Waals surface area (Å²) in [6.45, 7) is 9.52. The summed E-state index contributed by atoms with van der Waals surface area (Å²) in [6.07, 6.45) is 0. The van der Waals surface area contributed by atoms with E-state index in [0.29, 0.717) is 0 Å². The molecule has 13 rings (SSSR count). The number of nitrogens with zero attached hydrogens (tertiary/aromatic N) is 3. The Morgan fingerprint density at radius 2 is 0.683 bits per heavy atom. The molecule has 2 aliphatic rings. The summed E-state index contributed by atoms with van der Waals surface area (Å²) in [5.74, 6) is 0. The molecule has 0 saturated heterocycles. The fourth-order valence-corrected chi connectivity index (χ4v) is 11.5. The fourth-order valence-electron chi connectivity index (χ4n) is 11.5. The second kappa shape index (κ2) is 13.0. The van der Waals surface area contributed by atoms with E-state index in [4.69, 9.17) is 0 Å². The van der Waals surface area contributed by atoms with Crippen LogP contribution in [0.1, 0.15) is 49.9 Å². The summed E-state index contributed by atoms with van der Waals surface area (Å²) in [5.41, 5.74) is 15.7. The van der Waals surface area contributed by atoms with Gasteiger partial charge in [-0.3, -0.25) is 0 Å². The van der Waals surface area contributed by atoms with Gasteiger partial charge in [0.25, 0.3) is 0 Å². The van der Waals surface area contributed by atoms with Gasteiger partial charge in [0.1, 0.15) is 0 Å². The van der Waals surface area contributed by atoms with E-state index in [1.54, 1.807) is 0 Å². The summed E-state index contributed by atoms with van der Waals surface area (Å²) >= 11 is 0. The van der Waals surface area contributed by atoms with Crippen LogP contribution in [0, 0.1) is 0 Å². The molecular formula is C60H45N3. The summed E-state index contributed by atoms with van der Waals surface area (Å²) in [7, 11) is 0. The van der Waals surface area contributed by atoms with Crippen molar-refractivity contribution in [3.8, 4) is 5.69 Å². The van der Waals surface area contributed by atoms with E-state index < -0.39 is 0 Å². The van der Waals surface area contributed by atoms with E-state index in [1.165, 1.54) is 111 Å². The molecule has 0 spiro atoms. The highest BCUT2D eigenvalue weighted by Gasteiger charge is 2.40. The van der Waals surface area contributed by atoms with E-state index in [2.05, 4.69) is 242 Å². The molecule has 3 heterocycles. The van der Waals surface area contributed by atoms with Gasteiger partial charge >= 0.3 is 0 Å². The monoisotopic (exact) mass is 807 g/mol. The van der Waals surface area contributed by atoms with Crippen molar-refractivity contribution in [1.82, 2.24) is 4.57 Å². The summed E-state index contributed by atoms with van der Waals surface area (Å²) in [5, 5.41) is 9.94. The molecule has 63 heavy (non-hydrogen) atoms. The maximum atomic E-state index is 2.58. The first kappa shape index (κ1) is 36.1. The molecule has 11 aromatic rings. The smallest absolute Gasteiger partial charge is 0.0562 e. The lowest BCUT2D eigenvalue weighted by Gasteiger charge is -2.43. The Labute approximate surface area is 367 Å². The lowest BCUT2D eigenvalue weighted by atomic mass is 9.73. The lowest BCUT2D eigenvalue weighted by molar-refractivity contribution is 0.632. The van der Waals surface area contributed by atoms with Crippen LogP contribution in [0.4, 0.5) is 34.1 Å². The second-order valence-electron chi connectivity index (χ2n) is 18.5. The Morgan fingerprint density at radius 1 is 0.270 bits per heavy atom. The third-order valence-corrected chi connectivity index (χ3v) is 14.5. The molecule has 2 aliphatic heterocycles. The molecule has 0 N–H and O–H groups in total. The van der Waals surface area contributed by atoms with Gasteiger partial charge in [0, 0.05) is 38.1 Å². The van der Waals surface area contributed by atoms with Crippen LogP contribution in [-0.4, -0.2) is 4.57 Å². The zero-order valence-corrected chi connectivity index (χ0v) is 35.9. The number of hydrogen-bond donors (Lipinski definition) is 0. The van der Waals surface area contributed by atoms with Crippen LogP contribution in [0.15, 0.2) is 200 Å². The highest BCUT2D eigenvalue weighted by Crippen LogP contribution is 2.57. The average Bonchev–Trinajstić information content (AvgIpc) is 3.65. The zero-order valence-electron chi connectivity index (χ0n) is 35.9. The first-order chi connectivity index (χ1) is 30.8. The number of benzene rings is 10. The van der Waals surface area contributed by atoms with E-state index in [-0.39, 0.29) is 10.8 Å². The summed E-state index contributed by atoms with van der Waals surface area (Å²) < 4.78 is 2.45. The van der Waals surface area contributed by atoms with Gasteiger partial charge in [-0.05, 0) is 104 Å². The van der Waals surface area contributed by atoms with Crippen molar-refractivity contribution in [2.45, 2.75) is 38.5 Å². The Balaban J connectivity index is 1.13. The van der Waals surface area contributed by atoms with Crippen molar-refractivity contribution < 1.29 is 0 Å². The number of hydrogen-bond acceptors (Lipinski definition) is 2. The molecule has 10 aromatic carbocycles. The molecule has 3 nitrogen and oxygen atoms in total. The minimum Gasteiger partial charge on any atom is -0.309 e. The minimum absolute atomic E-state index is 0.144. The fraction of sp³-hybridized carbons (Fsp3) is 0.100. The topological polar surface area (TPSA) is 11.4 Å². The first-order valence-electron chi connectivity index (χ1n) is 22.2. The van der Waals surface area contributed by atoms with Gasteiger partial charge in [0.15, 0.2) is 0 Å². The predicted octanol–water partition coefficient (Wildman–Crippen LogP) is 16.5. The van der Waals surface area contributed by atoms with Crippen molar-refractivity contribution in [2.24, 2.45) is 0 Å². The molecule has 0 unspecified atom stereocenters. The van der Waals surface area contributed by atoms with Gasteiger partial charge < -0.3 is 14.4 Å². The normalized spacial score (nSPS) is 14.9. The van der Waals surface area contributed by atoms with E-state index in [9.17, 15) is 0 Å². The quantitative estimate of drug-likeness (QED) is 0.165. The molecule has 0 fully saturated rings.